The van der Waals surface area contributed by atoms with Gasteiger partial charge in [0.15, 0.2) is 22.1 Å². The third kappa shape index (κ3) is 5.81. The lowest BCUT2D eigenvalue weighted by atomic mass is 10.2. The van der Waals surface area contributed by atoms with Crippen molar-refractivity contribution in [1.82, 2.24) is 10.2 Å². The van der Waals surface area contributed by atoms with Crippen molar-refractivity contribution in [3.05, 3.63) is 22.7 Å². The van der Waals surface area contributed by atoms with E-state index in [9.17, 15) is 0 Å². The van der Waals surface area contributed by atoms with Crippen LogP contribution in [0.2, 0.25) is 0 Å². The third-order valence-electron chi connectivity index (χ3n) is 2.94. The number of allylic oxidation sites excluding steroid dienone is 4. The molecule has 0 bridgehead atoms. The molecule has 0 unspecified atom stereocenters. The average molecular weight is 330 g/mol. The van der Waals surface area contributed by atoms with Gasteiger partial charge >= 0.3 is 0 Å². The Kier molecular flexibility index (Phi) is 9.49. The van der Waals surface area contributed by atoms with E-state index in [1.807, 2.05) is 0 Å². The zero-order valence-corrected chi connectivity index (χ0v) is 13.9. The van der Waals surface area contributed by atoms with Gasteiger partial charge in [-0.2, -0.15) is 21.0 Å². The molecule has 0 spiro atoms. The van der Waals surface area contributed by atoms with Gasteiger partial charge in [0.2, 0.25) is 0 Å². The largest absolute Gasteiger partial charge is 0.340 e. The van der Waals surface area contributed by atoms with Crippen LogP contribution in [0.4, 0.5) is 0 Å². The SMILES string of the molecule is CCN(CC)CC.N#CC(C#N)=C1NC(C#N)=C(C#N)N=C1Cl. The first-order valence-electron chi connectivity index (χ1n) is 6.85. The third-order valence-corrected chi connectivity index (χ3v) is 3.21. The highest BCUT2D eigenvalue weighted by atomic mass is 35.5. The second kappa shape index (κ2) is 10.8. The van der Waals surface area contributed by atoms with E-state index in [1.54, 1.807) is 24.3 Å². The highest BCUT2D eigenvalue weighted by molar-refractivity contribution is 6.70. The van der Waals surface area contributed by atoms with Crippen molar-refractivity contribution in [3.63, 3.8) is 0 Å². The Balaban J connectivity index is 0.000000585. The summed E-state index contributed by atoms with van der Waals surface area (Å²) in [6, 6.07) is 6.56. The highest BCUT2D eigenvalue weighted by Gasteiger charge is 2.21. The van der Waals surface area contributed by atoms with E-state index < -0.39 is 0 Å². The molecule has 0 aliphatic carbocycles. The average Bonchev–Trinajstić information content (AvgIpc) is 2.59. The van der Waals surface area contributed by atoms with Crippen LogP contribution in [0.3, 0.4) is 0 Å². The van der Waals surface area contributed by atoms with Gasteiger partial charge in [-0.3, -0.25) is 0 Å². The first-order chi connectivity index (χ1) is 11.0. The van der Waals surface area contributed by atoms with E-state index >= 15 is 0 Å². The van der Waals surface area contributed by atoms with E-state index in [4.69, 9.17) is 32.6 Å². The monoisotopic (exact) mass is 329 g/mol. The van der Waals surface area contributed by atoms with Gasteiger partial charge in [0, 0.05) is 0 Å². The topological polar surface area (TPSA) is 123 Å². The Labute approximate surface area is 141 Å². The summed E-state index contributed by atoms with van der Waals surface area (Å²) in [6.45, 7) is 10.1. The Hall–Kier alpha value is -2.84. The van der Waals surface area contributed by atoms with Crippen LogP contribution in [0.1, 0.15) is 20.8 Å². The maximum absolute atomic E-state index is 8.70. The fourth-order valence-electron chi connectivity index (χ4n) is 1.58. The molecule has 1 rings (SSSR count). The second-order valence-electron chi connectivity index (χ2n) is 4.07. The molecular weight excluding hydrogens is 314 g/mol. The van der Waals surface area contributed by atoms with Crippen molar-refractivity contribution in [3.8, 4) is 24.3 Å². The van der Waals surface area contributed by atoms with Crippen LogP contribution in [-0.4, -0.2) is 29.7 Å². The summed E-state index contributed by atoms with van der Waals surface area (Å²) >= 11 is 5.66. The molecule has 0 aromatic rings. The molecule has 0 fully saturated rings. The van der Waals surface area contributed by atoms with Gasteiger partial charge in [0.1, 0.15) is 30.0 Å². The predicted molar refractivity (Wildman–Crippen MR) is 86.4 cm³/mol. The zero-order chi connectivity index (χ0) is 17.8. The van der Waals surface area contributed by atoms with Crippen LogP contribution in [0, 0.1) is 45.3 Å². The number of hydrogen-bond acceptors (Lipinski definition) is 7. The van der Waals surface area contributed by atoms with Crippen molar-refractivity contribution in [2.45, 2.75) is 20.8 Å². The van der Waals surface area contributed by atoms with Crippen molar-refractivity contribution >= 4 is 16.8 Å². The fraction of sp³-hybridized carbons (Fsp3) is 0.400. The number of hydrogen-bond donors (Lipinski definition) is 1. The summed E-state index contributed by atoms with van der Waals surface area (Å²) in [6.07, 6.45) is 0. The molecule has 0 aromatic carbocycles. The number of nitrogens with zero attached hydrogens (tertiary/aromatic N) is 6. The minimum absolute atomic E-state index is 0.0674. The molecule has 0 amide bonds. The van der Waals surface area contributed by atoms with Crippen molar-refractivity contribution in [2.75, 3.05) is 19.6 Å². The van der Waals surface area contributed by atoms with Crippen LogP contribution in [0.25, 0.3) is 0 Å². The summed E-state index contributed by atoms with van der Waals surface area (Å²) in [5, 5.41) is 36.8. The van der Waals surface area contributed by atoms with E-state index in [2.05, 4.69) is 36.0 Å². The molecule has 1 heterocycles. The molecule has 7 nitrogen and oxygen atoms in total. The smallest absolute Gasteiger partial charge is 0.176 e. The van der Waals surface area contributed by atoms with Gasteiger partial charge in [0.25, 0.3) is 0 Å². The van der Waals surface area contributed by atoms with Crippen LogP contribution >= 0.6 is 11.6 Å². The van der Waals surface area contributed by atoms with E-state index in [0.717, 1.165) is 0 Å². The van der Waals surface area contributed by atoms with Gasteiger partial charge in [-0.25, -0.2) is 4.99 Å². The highest BCUT2D eigenvalue weighted by Crippen LogP contribution is 2.17. The van der Waals surface area contributed by atoms with Gasteiger partial charge in [-0.1, -0.05) is 32.4 Å². The quantitative estimate of drug-likeness (QED) is 0.791. The van der Waals surface area contributed by atoms with E-state index in [1.165, 1.54) is 19.6 Å². The number of halogens is 1. The molecular formula is C15H16ClN7. The summed E-state index contributed by atoms with van der Waals surface area (Å²) in [5.41, 5.74) is -0.711. The Morgan fingerprint density at radius 1 is 1.04 bits per heavy atom. The van der Waals surface area contributed by atoms with Crippen molar-refractivity contribution in [2.24, 2.45) is 4.99 Å². The molecule has 8 heteroatoms. The van der Waals surface area contributed by atoms with Gasteiger partial charge in [0.05, 0.1) is 0 Å². The molecule has 0 aromatic heterocycles. The number of rotatable bonds is 3. The van der Waals surface area contributed by atoms with Gasteiger partial charge in [-0.15, -0.1) is 0 Å². The molecule has 1 aliphatic rings. The second-order valence-corrected chi connectivity index (χ2v) is 4.43. The lowest BCUT2D eigenvalue weighted by molar-refractivity contribution is 0.321. The Bertz CT molecular complexity index is 664. The molecule has 0 radical (unpaired) electrons. The van der Waals surface area contributed by atoms with Crippen LogP contribution in [-0.2, 0) is 0 Å². The zero-order valence-electron chi connectivity index (χ0n) is 13.2. The lowest BCUT2D eigenvalue weighted by Crippen LogP contribution is -2.23. The van der Waals surface area contributed by atoms with Crippen LogP contribution < -0.4 is 5.32 Å². The molecule has 1 aliphatic heterocycles. The van der Waals surface area contributed by atoms with E-state index in [0.29, 0.717) is 0 Å². The molecule has 0 saturated carbocycles. The molecule has 23 heavy (non-hydrogen) atoms. The molecule has 0 atom stereocenters. The fourth-order valence-corrected chi connectivity index (χ4v) is 1.81. The Morgan fingerprint density at radius 3 is 1.87 bits per heavy atom. The molecule has 0 saturated heterocycles. The number of aliphatic imine (C=N–C) groups is 1. The van der Waals surface area contributed by atoms with Crippen molar-refractivity contribution in [1.29, 1.82) is 21.0 Å². The number of nitriles is 4. The van der Waals surface area contributed by atoms with E-state index in [-0.39, 0.29) is 27.8 Å². The predicted octanol–water partition coefficient (Wildman–Crippen LogP) is 2.14. The Morgan fingerprint density at radius 2 is 1.57 bits per heavy atom. The lowest BCUT2D eigenvalue weighted by Gasteiger charge is -2.13. The first-order valence-corrected chi connectivity index (χ1v) is 7.23. The minimum atomic E-state index is -0.307. The van der Waals surface area contributed by atoms with Gasteiger partial charge in [-0.05, 0) is 19.6 Å². The van der Waals surface area contributed by atoms with Crippen LogP contribution in [0.5, 0.6) is 0 Å². The van der Waals surface area contributed by atoms with Crippen molar-refractivity contribution < 1.29 is 0 Å². The normalized spacial score (nSPS) is 12.6. The standard InChI is InChI=1S/C9HClN6.C6H15N/c10-9-8(5(1-11)2-12)15-6(3-13)7(4-14)16-9;1-4-7(5-2)6-3/h15H;4-6H2,1-3H3. The first kappa shape index (κ1) is 20.2. The summed E-state index contributed by atoms with van der Waals surface area (Å²) in [7, 11) is 0. The summed E-state index contributed by atoms with van der Waals surface area (Å²) < 4.78 is 0. The van der Waals surface area contributed by atoms with Gasteiger partial charge < -0.3 is 10.2 Å². The molecule has 118 valence electrons. The van der Waals surface area contributed by atoms with Crippen LogP contribution in [0.15, 0.2) is 27.7 Å². The molecule has 1 N–H and O–H groups in total. The summed E-state index contributed by atoms with van der Waals surface area (Å²) in [4.78, 5) is 5.98. The maximum Gasteiger partial charge on any atom is 0.176 e. The summed E-state index contributed by atoms with van der Waals surface area (Å²) in [5.74, 6) is 0. The maximum atomic E-state index is 8.70. The number of nitrogens with one attached hydrogen (secondary N) is 1. The minimum Gasteiger partial charge on any atom is -0.340 e.